The summed E-state index contributed by atoms with van der Waals surface area (Å²) in [5.41, 5.74) is 19.5. The summed E-state index contributed by atoms with van der Waals surface area (Å²) in [6.07, 6.45) is -4.96. The first-order valence-corrected chi connectivity index (χ1v) is 24.0. The predicted octanol–water partition coefficient (Wildman–Crippen LogP) is -0.878. The van der Waals surface area contributed by atoms with E-state index < -0.39 is 94.2 Å². The molecule has 0 aromatic carbocycles. The van der Waals surface area contributed by atoms with Gasteiger partial charge in [-0.2, -0.15) is 0 Å². The molecule has 0 amide bonds. The Kier molecular flexibility index (Phi) is 12.1. The molecule has 9 heterocycles. The molecule has 6 aromatic heterocycles. The van der Waals surface area contributed by atoms with Gasteiger partial charge in [0.2, 0.25) is 0 Å². The van der Waals surface area contributed by atoms with Gasteiger partial charge in [-0.1, -0.05) is 12.2 Å². The SMILES string of the molecule is CO[C@H]1[C@@H](OP(O)(=S)OC[C@@H]2C[C@@H](OP(=O)(S)OC[C@H]3O[C@@H](n4cnc5c(N)ncnc54)[C@H](O)[C@@H]3O)[C@H](n3cnc4c(N)ncnc43)O2)[C@H](n2cnc3c(N)ncnc32)O[C@@H]1CO. The zero-order chi connectivity index (χ0) is 44.4. The van der Waals surface area contributed by atoms with Crippen molar-refractivity contribution in [3.05, 3.63) is 38.0 Å². The number of methoxy groups -OCH3 is 1. The van der Waals surface area contributed by atoms with E-state index in [1.54, 1.807) is 0 Å². The number of fused-ring (bicyclic) bond motifs is 3. The molecular formula is C31H39N15O13P2S2. The summed E-state index contributed by atoms with van der Waals surface area (Å²) in [6, 6.07) is 0. The highest BCUT2D eigenvalue weighted by Gasteiger charge is 2.51. The minimum atomic E-state index is -4.35. The van der Waals surface area contributed by atoms with E-state index in [2.05, 4.69) is 57.1 Å². The number of aliphatic hydroxyl groups excluding tert-OH is 3. The maximum atomic E-state index is 13.9. The quantitative estimate of drug-likeness (QED) is 0.0458. The van der Waals surface area contributed by atoms with Crippen LogP contribution in [0.4, 0.5) is 17.5 Å². The lowest BCUT2D eigenvalue weighted by Crippen LogP contribution is -2.37. The number of nitrogen functional groups attached to an aromatic ring is 3. The molecule has 3 fully saturated rings. The molecule has 338 valence electrons. The summed E-state index contributed by atoms with van der Waals surface area (Å²) in [5.74, 6) is 0.296. The standard InChI is InChI=1S/C31H39N15O13P2S2/c1-52-21-14(3-47)56-31(46-11-43-18-25(34)37-8-40-28(18)46)22(21)59-61(51,63)53-4-12-2-13(29(55-12)44-9-41-16-23(32)35-6-38-26(16)44)58-60(50,62)54-5-15-19(48)20(49)30(57-15)45-10-42-17-24(33)36-7-39-27(17)45/h6-15,19-22,29-31,47-49H,2-5H2,1H3,(H,50,62)(H,51,63)(H2,32,35,38)(H2,33,36,39)(H2,34,37,40)/t12-,13+,14+,15+,19+,20+,21+,22+,29+,30+,31+,60?,61?/m0/s1. The summed E-state index contributed by atoms with van der Waals surface area (Å²) >= 11 is 9.68. The fraction of sp³-hybridized carbons (Fsp3) is 0.516. The second kappa shape index (κ2) is 17.3. The number of thiol groups is 1. The third kappa shape index (κ3) is 8.35. The van der Waals surface area contributed by atoms with Crippen molar-refractivity contribution in [3.8, 4) is 0 Å². The molecule has 0 spiro atoms. The first-order chi connectivity index (χ1) is 30.2. The van der Waals surface area contributed by atoms with Crippen molar-refractivity contribution in [3.63, 3.8) is 0 Å². The van der Waals surface area contributed by atoms with Crippen molar-refractivity contribution in [1.82, 2.24) is 58.6 Å². The average molecular weight is 956 g/mol. The maximum Gasteiger partial charge on any atom is 0.386 e. The van der Waals surface area contributed by atoms with Crippen LogP contribution in [-0.4, -0.2) is 155 Å². The van der Waals surface area contributed by atoms with E-state index in [1.807, 2.05) is 0 Å². The van der Waals surface area contributed by atoms with Crippen molar-refractivity contribution < 1.29 is 61.8 Å². The maximum absolute atomic E-state index is 13.9. The van der Waals surface area contributed by atoms with Crippen molar-refractivity contribution in [2.24, 2.45) is 0 Å². The van der Waals surface area contributed by atoms with Gasteiger partial charge in [0, 0.05) is 13.5 Å². The second-order valence-corrected chi connectivity index (χ2v) is 20.0. The Labute approximate surface area is 363 Å². The van der Waals surface area contributed by atoms with Crippen LogP contribution in [0, 0.1) is 0 Å². The van der Waals surface area contributed by atoms with Crippen molar-refractivity contribution in [2.75, 3.05) is 44.1 Å². The zero-order valence-corrected chi connectivity index (χ0v) is 36.0. The number of anilines is 3. The van der Waals surface area contributed by atoms with E-state index in [-0.39, 0.29) is 64.0 Å². The number of hydrogen-bond acceptors (Lipinski definition) is 25. The molecule has 9 rings (SSSR count). The van der Waals surface area contributed by atoms with E-state index in [1.165, 1.54) is 58.8 Å². The Hall–Kier alpha value is -4.20. The zero-order valence-electron chi connectivity index (χ0n) is 32.5. The van der Waals surface area contributed by atoms with Gasteiger partial charge in [0.15, 0.2) is 53.1 Å². The van der Waals surface area contributed by atoms with Crippen LogP contribution in [0.25, 0.3) is 33.5 Å². The number of hydrogen-bond donors (Lipinski definition) is 8. The first kappa shape index (κ1) is 44.0. The van der Waals surface area contributed by atoms with E-state index in [0.29, 0.717) is 0 Å². The fourth-order valence-corrected chi connectivity index (χ4v) is 10.6. The van der Waals surface area contributed by atoms with Gasteiger partial charge in [0.25, 0.3) is 0 Å². The molecule has 13 atom stereocenters. The second-order valence-electron chi connectivity index (χ2n) is 14.4. The van der Waals surface area contributed by atoms with Gasteiger partial charge in [-0.05, 0) is 11.8 Å². The summed E-state index contributed by atoms with van der Waals surface area (Å²) in [4.78, 5) is 48.7. The number of ether oxygens (including phenoxy) is 4. The Morgan fingerprint density at radius 1 is 0.730 bits per heavy atom. The van der Waals surface area contributed by atoms with Crippen LogP contribution in [0.5, 0.6) is 0 Å². The van der Waals surface area contributed by atoms with Crippen molar-refractivity contribution in [1.29, 1.82) is 0 Å². The van der Waals surface area contributed by atoms with Crippen LogP contribution in [-0.2, 0) is 53.4 Å². The van der Waals surface area contributed by atoms with Gasteiger partial charge < -0.3 is 60.9 Å². The normalized spacial score (nSPS) is 30.7. The van der Waals surface area contributed by atoms with Crippen molar-refractivity contribution in [2.45, 2.75) is 73.9 Å². The van der Waals surface area contributed by atoms with Crippen LogP contribution >= 0.6 is 25.8 Å². The van der Waals surface area contributed by atoms with Gasteiger partial charge in [-0.25, -0.2) is 49.4 Å². The molecule has 2 unspecified atom stereocenters. The highest BCUT2D eigenvalue weighted by molar-refractivity contribution is 8.44. The molecule has 63 heavy (non-hydrogen) atoms. The van der Waals surface area contributed by atoms with Crippen LogP contribution in [0.3, 0.4) is 0 Å². The fourth-order valence-electron chi connectivity index (χ4n) is 7.64. The van der Waals surface area contributed by atoms with Crippen LogP contribution in [0.1, 0.15) is 25.1 Å². The van der Waals surface area contributed by atoms with Gasteiger partial charge in [-0.3, -0.25) is 27.3 Å². The number of imidazole rings is 3. The Balaban J connectivity index is 0.901. The minimum absolute atomic E-state index is 0.0548. The predicted molar refractivity (Wildman–Crippen MR) is 220 cm³/mol. The molecule has 0 aliphatic carbocycles. The molecule has 6 aromatic rings. The van der Waals surface area contributed by atoms with Gasteiger partial charge in [-0.15, -0.1) is 0 Å². The van der Waals surface area contributed by atoms with Crippen molar-refractivity contribution >= 4 is 88.5 Å². The molecule has 3 aliphatic heterocycles. The minimum Gasteiger partial charge on any atom is -0.394 e. The first-order valence-electron chi connectivity index (χ1n) is 18.7. The molecule has 0 bridgehead atoms. The van der Waals surface area contributed by atoms with E-state index in [4.69, 9.17) is 66.1 Å². The highest BCUT2D eigenvalue weighted by Crippen LogP contribution is 2.58. The molecule has 28 nitrogen and oxygen atoms in total. The molecule has 0 saturated carbocycles. The number of aromatic nitrogens is 12. The van der Waals surface area contributed by atoms with Crippen LogP contribution in [0.15, 0.2) is 38.0 Å². The Morgan fingerprint density at radius 2 is 1.25 bits per heavy atom. The largest absolute Gasteiger partial charge is 0.394 e. The molecule has 0 radical (unpaired) electrons. The van der Waals surface area contributed by atoms with E-state index in [9.17, 15) is 24.8 Å². The van der Waals surface area contributed by atoms with Gasteiger partial charge >= 0.3 is 13.5 Å². The van der Waals surface area contributed by atoms with Gasteiger partial charge in [0.1, 0.15) is 78.3 Å². The smallest absolute Gasteiger partial charge is 0.386 e. The lowest BCUT2D eigenvalue weighted by atomic mass is 10.1. The molecular weight excluding hydrogens is 917 g/mol. The third-order valence-corrected chi connectivity index (χ3v) is 13.8. The summed E-state index contributed by atoms with van der Waals surface area (Å²) in [7, 11) is 1.37. The molecule has 32 heteroatoms. The van der Waals surface area contributed by atoms with E-state index >= 15 is 0 Å². The Morgan fingerprint density at radius 3 is 1.79 bits per heavy atom. The topological polar surface area (TPSA) is 381 Å². The summed E-state index contributed by atoms with van der Waals surface area (Å²) in [6.45, 7) is -9.96. The number of nitrogens with zero attached hydrogens (tertiary/aromatic N) is 12. The van der Waals surface area contributed by atoms with Crippen LogP contribution in [0.2, 0.25) is 0 Å². The summed E-state index contributed by atoms with van der Waals surface area (Å²) in [5, 5.41) is 31.9. The highest BCUT2D eigenvalue weighted by atomic mass is 32.7. The molecule has 3 saturated heterocycles. The lowest BCUT2D eigenvalue weighted by Gasteiger charge is -2.27. The number of nitrogens with two attached hydrogens (primary N) is 3. The van der Waals surface area contributed by atoms with Gasteiger partial charge in [0.05, 0.1) is 44.9 Å². The third-order valence-electron chi connectivity index (χ3n) is 10.6. The number of aliphatic hydroxyl groups is 3. The summed E-state index contributed by atoms with van der Waals surface area (Å²) < 4.78 is 65.6. The lowest BCUT2D eigenvalue weighted by molar-refractivity contribution is -0.0571. The van der Waals surface area contributed by atoms with Crippen LogP contribution < -0.4 is 17.2 Å². The average Bonchev–Trinajstić information content (AvgIpc) is 4.11. The Bertz CT molecular complexity index is 2740. The molecule has 3 aliphatic rings. The number of rotatable bonds is 15. The van der Waals surface area contributed by atoms with E-state index in [0.717, 1.165) is 0 Å². The monoisotopic (exact) mass is 955 g/mol. The molecule has 10 N–H and O–H groups in total.